The topological polar surface area (TPSA) is 156 Å². The molecule has 0 aliphatic carbocycles. The Morgan fingerprint density at radius 1 is 0.778 bits per heavy atom. The lowest BCUT2D eigenvalue weighted by atomic mass is 10.5. The summed E-state index contributed by atoms with van der Waals surface area (Å²) < 4.78 is 17.8. The molecule has 18 heavy (non-hydrogen) atoms. The molecule has 0 aromatic carbocycles. The molecule has 0 rings (SSSR count). The number of hydrogen-bond acceptors (Lipinski definition) is 2. The molecule has 0 heterocycles. The first kappa shape index (κ1) is 26.3. The highest BCUT2D eigenvalue weighted by atomic mass is 31.2. The van der Waals surface area contributed by atoms with E-state index >= 15 is 0 Å². The summed E-state index contributed by atoms with van der Waals surface area (Å²) in [4.78, 5) is 43.1. The Balaban J connectivity index is -0.0000000731. The van der Waals surface area contributed by atoms with Crippen molar-refractivity contribution in [2.45, 2.75) is 26.7 Å². The first-order chi connectivity index (χ1) is 7.83. The molecule has 0 aromatic rings. The third-order valence-electron chi connectivity index (χ3n) is 0.577. The van der Waals surface area contributed by atoms with Crippen LogP contribution in [0.1, 0.15) is 26.7 Å². The van der Waals surface area contributed by atoms with Gasteiger partial charge in [-0.2, -0.15) is 0 Å². The molecule has 8 nitrogen and oxygen atoms in total. The molecule has 0 spiro atoms. The van der Waals surface area contributed by atoms with E-state index in [1.807, 2.05) is 12.2 Å². The zero-order valence-electron chi connectivity index (χ0n) is 10.4. The smallest absolute Gasteiger partial charge is 0.303 e. The van der Waals surface area contributed by atoms with Crippen LogP contribution in [-0.4, -0.2) is 29.4 Å². The van der Waals surface area contributed by atoms with Gasteiger partial charge in [-0.15, -0.1) is 13.2 Å². The lowest BCUT2D eigenvalue weighted by Crippen LogP contribution is -1.66. The van der Waals surface area contributed by atoms with Crippen molar-refractivity contribution in [3.63, 3.8) is 0 Å². The maximum absolute atomic E-state index is 8.88. The minimum Gasteiger partial charge on any atom is -0.303 e. The molecule has 0 saturated heterocycles. The van der Waals surface area contributed by atoms with Crippen LogP contribution >= 0.6 is 15.6 Å². The Kier molecular flexibility index (Phi) is 24.4. The summed E-state index contributed by atoms with van der Waals surface area (Å²) in [5.41, 5.74) is 0. The number of rotatable bonds is 2. The number of hydrogen-bond donors (Lipinski definition) is 6. The van der Waals surface area contributed by atoms with Crippen LogP contribution in [0.4, 0.5) is 0 Å². The molecule has 0 fully saturated rings. The van der Waals surface area contributed by atoms with E-state index in [0.717, 1.165) is 12.8 Å². The van der Waals surface area contributed by atoms with Gasteiger partial charge in [-0.1, -0.05) is 26.0 Å². The summed E-state index contributed by atoms with van der Waals surface area (Å²) in [6, 6.07) is 0. The van der Waals surface area contributed by atoms with Crippen molar-refractivity contribution in [3.05, 3.63) is 25.3 Å². The summed E-state index contributed by atoms with van der Waals surface area (Å²) in [5, 5.41) is 0. The second-order valence-electron chi connectivity index (χ2n) is 2.42. The molecule has 6 N–H and O–H groups in total. The second kappa shape index (κ2) is 16.7. The standard InChI is InChI=1S/2C4H8.2H3O4P/c2*1-3-4-2;2*1-5(2,3)4/h2*3H,1,4H2,2H3;2*(H3,1,2,3,4). The molecule has 0 unspecified atom stereocenters. The quantitative estimate of drug-likeness (QED) is 0.329. The minimum absolute atomic E-state index is 1.08. The van der Waals surface area contributed by atoms with Crippen molar-refractivity contribution in [2.24, 2.45) is 0 Å². The van der Waals surface area contributed by atoms with Crippen molar-refractivity contribution < 1.29 is 38.5 Å². The summed E-state index contributed by atoms with van der Waals surface area (Å²) >= 11 is 0. The van der Waals surface area contributed by atoms with Gasteiger partial charge >= 0.3 is 15.6 Å². The second-order valence-corrected chi connectivity index (χ2v) is 4.47. The van der Waals surface area contributed by atoms with Crippen LogP contribution in [0.15, 0.2) is 25.3 Å². The minimum atomic E-state index is -4.64. The Bertz CT molecular complexity index is 222. The Morgan fingerprint density at radius 3 is 0.833 bits per heavy atom. The van der Waals surface area contributed by atoms with Crippen LogP contribution < -0.4 is 0 Å². The molecule has 0 aromatic heterocycles. The van der Waals surface area contributed by atoms with Crippen LogP contribution in [0.5, 0.6) is 0 Å². The first-order valence-corrected chi connectivity index (χ1v) is 7.74. The van der Waals surface area contributed by atoms with Gasteiger partial charge in [0.1, 0.15) is 0 Å². The highest BCUT2D eigenvalue weighted by Crippen LogP contribution is 2.26. The number of phosphoric acid groups is 2. The zero-order chi connectivity index (χ0) is 15.8. The largest absolute Gasteiger partial charge is 0.466 e. The predicted molar refractivity (Wildman–Crippen MR) is 69.5 cm³/mol. The maximum atomic E-state index is 8.88. The van der Waals surface area contributed by atoms with Gasteiger partial charge < -0.3 is 29.4 Å². The monoisotopic (exact) mass is 308 g/mol. The van der Waals surface area contributed by atoms with E-state index in [1.54, 1.807) is 0 Å². The lowest BCUT2D eigenvalue weighted by Gasteiger charge is -1.82. The van der Waals surface area contributed by atoms with Gasteiger partial charge in [-0.3, -0.25) is 0 Å². The van der Waals surface area contributed by atoms with Crippen molar-refractivity contribution in [1.82, 2.24) is 0 Å². The van der Waals surface area contributed by atoms with E-state index in [0.29, 0.717) is 0 Å². The highest BCUT2D eigenvalue weighted by Gasteiger charge is 2.00. The molecule has 0 saturated carbocycles. The van der Waals surface area contributed by atoms with Crippen LogP contribution in [-0.2, 0) is 9.13 Å². The van der Waals surface area contributed by atoms with Gasteiger partial charge in [-0.05, 0) is 12.8 Å². The average Bonchev–Trinajstić information content (AvgIpc) is 2.12. The highest BCUT2D eigenvalue weighted by molar-refractivity contribution is 7.45. The molecule has 0 bridgehead atoms. The van der Waals surface area contributed by atoms with E-state index < -0.39 is 15.6 Å². The molecule has 112 valence electrons. The van der Waals surface area contributed by atoms with E-state index in [1.165, 1.54) is 0 Å². The van der Waals surface area contributed by atoms with E-state index in [2.05, 4.69) is 27.0 Å². The van der Waals surface area contributed by atoms with Gasteiger partial charge in [0, 0.05) is 0 Å². The van der Waals surface area contributed by atoms with Crippen molar-refractivity contribution in [1.29, 1.82) is 0 Å². The summed E-state index contributed by atoms with van der Waals surface area (Å²) in [7, 11) is -9.28. The van der Waals surface area contributed by atoms with Gasteiger partial charge in [0.2, 0.25) is 0 Å². The molecule has 0 aliphatic heterocycles. The fourth-order valence-corrected chi connectivity index (χ4v) is 0. The van der Waals surface area contributed by atoms with Crippen LogP contribution in [0.3, 0.4) is 0 Å². The number of allylic oxidation sites excluding steroid dienone is 2. The Labute approximate surface area is 107 Å². The van der Waals surface area contributed by atoms with Crippen molar-refractivity contribution in [2.75, 3.05) is 0 Å². The van der Waals surface area contributed by atoms with Gasteiger partial charge in [0.15, 0.2) is 0 Å². The van der Waals surface area contributed by atoms with Gasteiger partial charge in [0.05, 0.1) is 0 Å². The van der Waals surface area contributed by atoms with Crippen LogP contribution in [0.2, 0.25) is 0 Å². The van der Waals surface area contributed by atoms with Crippen LogP contribution in [0.25, 0.3) is 0 Å². The van der Waals surface area contributed by atoms with Crippen molar-refractivity contribution in [3.8, 4) is 0 Å². The molecule has 0 atom stereocenters. The normalized spacial score (nSPS) is 9.33. The SMILES string of the molecule is C=CCC.C=CCC.O=P(O)(O)O.O=P(O)(O)O. The van der Waals surface area contributed by atoms with Crippen molar-refractivity contribution >= 4 is 15.6 Å². The van der Waals surface area contributed by atoms with Crippen LogP contribution in [0, 0.1) is 0 Å². The first-order valence-electron chi connectivity index (χ1n) is 4.61. The Hall–Kier alpha value is -0.300. The fourth-order valence-electron chi connectivity index (χ4n) is 0. The molecule has 0 radical (unpaired) electrons. The van der Waals surface area contributed by atoms with E-state index in [4.69, 9.17) is 38.5 Å². The van der Waals surface area contributed by atoms with Gasteiger partial charge in [-0.25, -0.2) is 9.13 Å². The Morgan fingerprint density at radius 2 is 0.833 bits per heavy atom. The molecule has 0 amide bonds. The average molecular weight is 308 g/mol. The molecular weight excluding hydrogens is 286 g/mol. The zero-order valence-corrected chi connectivity index (χ0v) is 12.2. The molecular formula is C8H22O8P2. The summed E-state index contributed by atoms with van der Waals surface area (Å²) in [6.45, 7) is 11.1. The third kappa shape index (κ3) is 1170. The summed E-state index contributed by atoms with van der Waals surface area (Å²) in [5.74, 6) is 0. The van der Waals surface area contributed by atoms with E-state index in [-0.39, 0.29) is 0 Å². The predicted octanol–water partition coefficient (Wildman–Crippen LogP) is 1.31. The summed E-state index contributed by atoms with van der Waals surface area (Å²) in [6.07, 6.45) is 5.92. The fraction of sp³-hybridized carbons (Fsp3) is 0.500. The molecule has 10 heteroatoms. The third-order valence-corrected chi connectivity index (χ3v) is 0.577. The lowest BCUT2D eigenvalue weighted by molar-refractivity contribution is 0.272. The molecule has 0 aliphatic rings. The van der Waals surface area contributed by atoms with E-state index in [9.17, 15) is 0 Å². The maximum Gasteiger partial charge on any atom is 0.466 e. The van der Waals surface area contributed by atoms with Gasteiger partial charge in [0.25, 0.3) is 0 Å².